The van der Waals surface area contributed by atoms with Crippen molar-refractivity contribution in [2.45, 2.75) is 38.4 Å². The summed E-state index contributed by atoms with van der Waals surface area (Å²) < 4.78 is 5.48. The highest BCUT2D eigenvalue weighted by Crippen LogP contribution is 2.19. The summed E-state index contributed by atoms with van der Waals surface area (Å²) in [6, 6.07) is 1.06. The molecule has 1 saturated carbocycles. The molecule has 1 aliphatic rings. The maximum absolute atomic E-state index is 9.01. The van der Waals surface area contributed by atoms with Crippen LogP contribution in [0.25, 0.3) is 0 Å². The molecule has 2 N–H and O–H groups in total. The topological polar surface area (TPSA) is 74.4 Å². The van der Waals surface area contributed by atoms with E-state index in [1.807, 2.05) is 14.0 Å². The van der Waals surface area contributed by atoms with Gasteiger partial charge in [-0.1, -0.05) is 5.10 Å². The molecule has 0 spiro atoms. The van der Waals surface area contributed by atoms with Crippen LogP contribution in [0.4, 0.5) is 6.01 Å². The van der Waals surface area contributed by atoms with Crippen LogP contribution in [-0.2, 0) is 6.54 Å². The Morgan fingerprint density at radius 3 is 2.94 bits per heavy atom. The van der Waals surface area contributed by atoms with Gasteiger partial charge in [-0.15, -0.1) is 5.10 Å². The molecule has 0 amide bonds. The first-order valence-corrected chi connectivity index (χ1v) is 5.60. The maximum Gasteiger partial charge on any atom is 0.318 e. The fraction of sp³-hybridized carbons (Fsp3) is 0.800. The Morgan fingerprint density at radius 1 is 1.56 bits per heavy atom. The number of likely N-dealkylation sites (N-methyl/N-ethyl adjacent to an activating group) is 1. The van der Waals surface area contributed by atoms with Gasteiger partial charge in [-0.3, -0.25) is 0 Å². The molecule has 1 aromatic rings. The van der Waals surface area contributed by atoms with Crippen molar-refractivity contribution in [3.63, 3.8) is 0 Å². The molecule has 1 aromatic heterocycles. The summed E-state index contributed by atoms with van der Waals surface area (Å²) in [4.78, 5) is 1.77. The van der Waals surface area contributed by atoms with E-state index in [-0.39, 0.29) is 12.6 Å². The van der Waals surface area contributed by atoms with Gasteiger partial charge in [0.2, 0.25) is 5.89 Å². The molecule has 1 aliphatic carbocycles. The number of nitrogens with zero attached hydrogens (tertiary/aromatic N) is 3. The van der Waals surface area contributed by atoms with Gasteiger partial charge in [0.15, 0.2) is 0 Å². The van der Waals surface area contributed by atoms with Crippen LogP contribution in [0.2, 0.25) is 0 Å². The molecule has 6 nitrogen and oxygen atoms in total. The first kappa shape index (κ1) is 11.3. The molecular weight excluding hydrogens is 208 g/mol. The standard InChI is InChI=1S/C10H18N4O2/c1-7(6-15)14(2)10-13-12-9(16-10)5-11-8-3-4-8/h7-8,11,15H,3-6H2,1-2H3. The van der Waals surface area contributed by atoms with Crippen LogP contribution in [0.15, 0.2) is 4.42 Å². The van der Waals surface area contributed by atoms with E-state index in [9.17, 15) is 0 Å². The van der Waals surface area contributed by atoms with E-state index in [2.05, 4.69) is 15.5 Å². The Labute approximate surface area is 94.7 Å². The van der Waals surface area contributed by atoms with Crippen LogP contribution >= 0.6 is 0 Å². The van der Waals surface area contributed by atoms with Gasteiger partial charge in [-0.2, -0.15) is 0 Å². The zero-order valence-electron chi connectivity index (χ0n) is 9.68. The van der Waals surface area contributed by atoms with E-state index in [4.69, 9.17) is 9.52 Å². The van der Waals surface area contributed by atoms with Gasteiger partial charge < -0.3 is 19.7 Å². The van der Waals surface area contributed by atoms with Crippen molar-refractivity contribution in [2.75, 3.05) is 18.6 Å². The highest BCUT2D eigenvalue weighted by molar-refractivity contribution is 5.23. The first-order valence-electron chi connectivity index (χ1n) is 5.60. The molecule has 0 saturated heterocycles. The first-order chi connectivity index (χ1) is 7.70. The van der Waals surface area contributed by atoms with Crippen molar-refractivity contribution in [2.24, 2.45) is 0 Å². The third kappa shape index (κ3) is 2.70. The minimum absolute atomic E-state index is 0.0234. The zero-order valence-corrected chi connectivity index (χ0v) is 9.68. The van der Waals surface area contributed by atoms with E-state index in [0.717, 1.165) is 0 Å². The smallest absolute Gasteiger partial charge is 0.318 e. The van der Waals surface area contributed by atoms with Gasteiger partial charge in [0.25, 0.3) is 0 Å². The Bertz CT molecular complexity index is 337. The highest BCUT2D eigenvalue weighted by Gasteiger charge is 2.21. The predicted molar refractivity (Wildman–Crippen MR) is 59.1 cm³/mol. The predicted octanol–water partition coefficient (Wildman–Crippen LogP) is 0.139. The van der Waals surface area contributed by atoms with Crippen molar-refractivity contribution in [3.8, 4) is 0 Å². The van der Waals surface area contributed by atoms with E-state index in [1.165, 1.54) is 12.8 Å². The third-order valence-corrected chi connectivity index (χ3v) is 2.80. The SMILES string of the molecule is CC(CO)N(C)c1nnc(CNC2CC2)o1. The number of nitrogens with one attached hydrogen (secondary N) is 1. The van der Waals surface area contributed by atoms with Crippen LogP contribution in [0, 0.1) is 0 Å². The second kappa shape index (κ2) is 4.80. The maximum atomic E-state index is 9.01. The molecule has 0 radical (unpaired) electrons. The summed E-state index contributed by atoms with van der Waals surface area (Å²) >= 11 is 0. The lowest BCUT2D eigenvalue weighted by molar-refractivity contribution is 0.266. The summed E-state index contributed by atoms with van der Waals surface area (Å²) in [6.45, 7) is 2.58. The fourth-order valence-corrected chi connectivity index (χ4v) is 1.29. The summed E-state index contributed by atoms with van der Waals surface area (Å²) in [5.41, 5.74) is 0. The molecule has 1 fully saturated rings. The van der Waals surface area contributed by atoms with Crippen LogP contribution < -0.4 is 10.2 Å². The van der Waals surface area contributed by atoms with Crippen molar-refractivity contribution in [1.82, 2.24) is 15.5 Å². The summed E-state index contributed by atoms with van der Waals surface area (Å²) in [6.07, 6.45) is 2.48. The molecular formula is C10H18N4O2. The Kier molecular flexibility index (Phi) is 3.40. The molecule has 1 unspecified atom stereocenters. The quantitative estimate of drug-likeness (QED) is 0.718. The second-order valence-electron chi connectivity index (χ2n) is 4.28. The minimum atomic E-state index is -0.0234. The van der Waals surface area contributed by atoms with E-state index >= 15 is 0 Å². The molecule has 90 valence electrons. The number of anilines is 1. The van der Waals surface area contributed by atoms with Crippen molar-refractivity contribution < 1.29 is 9.52 Å². The molecule has 0 aromatic carbocycles. The van der Waals surface area contributed by atoms with E-state index in [1.54, 1.807) is 4.90 Å². The minimum Gasteiger partial charge on any atom is -0.407 e. The number of aliphatic hydroxyl groups excluding tert-OH is 1. The monoisotopic (exact) mass is 226 g/mol. The zero-order chi connectivity index (χ0) is 11.5. The number of hydrogen-bond donors (Lipinski definition) is 2. The van der Waals surface area contributed by atoms with Gasteiger partial charge >= 0.3 is 6.01 Å². The largest absolute Gasteiger partial charge is 0.407 e. The molecule has 0 aliphatic heterocycles. The summed E-state index contributed by atoms with van der Waals surface area (Å²) in [5, 5.41) is 20.2. The van der Waals surface area contributed by atoms with Gasteiger partial charge in [0.05, 0.1) is 19.2 Å². The number of hydrogen-bond acceptors (Lipinski definition) is 6. The summed E-state index contributed by atoms with van der Waals surface area (Å²) in [5.74, 6) is 0.596. The molecule has 2 rings (SSSR count). The Hall–Kier alpha value is -1.14. The Morgan fingerprint density at radius 2 is 2.31 bits per heavy atom. The number of aliphatic hydroxyl groups is 1. The highest BCUT2D eigenvalue weighted by atomic mass is 16.4. The molecule has 1 atom stereocenters. The average molecular weight is 226 g/mol. The average Bonchev–Trinajstić information content (AvgIpc) is 3.02. The van der Waals surface area contributed by atoms with Gasteiger partial charge in [-0.25, -0.2) is 0 Å². The van der Waals surface area contributed by atoms with Gasteiger partial charge in [0, 0.05) is 13.1 Å². The molecule has 1 heterocycles. The number of aromatic nitrogens is 2. The van der Waals surface area contributed by atoms with Crippen LogP contribution in [0.3, 0.4) is 0 Å². The van der Waals surface area contributed by atoms with Gasteiger partial charge in [-0.05, 0) is 19.8 Å². The normalized spacial score (nSPS) is 17.4. The van der Waals surface area contributed by atoms with Crippen molar-refractivity contribution >= 4 is 6.01 Å². The van der Waals surface area contributed by atoms with Crippen molar-refractivity contribution in [3.05, 3.63) is 5.89 Å². The van der Waals surface area contributed by atoms with Crippen molar-refractivity contribution in [1.29, 1.82) is 0 Å². The lowest BCUT2D eigenvalue weighted by atomic mass is 10.3. The second-order valence-corrected chi connectivity index (χ2v) is 4.28. The lowest BCUT2D eigenvalue weighted by Crippen LogP contribution is -2.32. The molecule has 0 bridgehead atoms. The third-order valence-electron chi connectivity index (χ3n) is 2.80. The summed E-state index contributed by atoms with van der Waals surface area (Å²) in [7, 11) is 1.83. The van der Waals surface area contributed by atoms with Crippen LogP contribution in [-0.4, -0.2) is 41.0 Å². The van der Waals surface area contributed by atoms with E-state index < -0.39 is 0 Å². The number of rotatable bonds is 6. The molecule has 16 heavy (non-hydrogen) atoms. The lowest BCUT2D eigenvalue weighted by Gasteiger charge is -2.19. The Balaban J connectivity index is 1.89. The van der Waals surface area contributed by atoms with Crippen LogP contribution in [0.1, 0.15) is 25.7 Å². The van der Waals surface area contributed by atoms with Gasteiger partial charge in [0.1, 0.15) is 0 Å². The molecule has 6 heteroatoms. The van der Waals surface area contributed by atoms with Crippen LogP contribution in [0.5, 0.6) is 0 Å². The fourth-order valence-electron chi connectivity index (χ4n) is 1.29. The van der Waals surface area contributed by atoms with E-state index in [0.29, 0.717) is 24.5 Å².